The summed E-state index contributed by atoms with van der Waals surface area (Å²) in [7, 11) is 3.20. The molecule has 1 amide bonds. The lowest BCUT2D eigenvalue weighted by Gasteiger charge is -2.17. The lowest BCUT2D eigenvalue weighted by molar-refractivity contribution is 0.230. The van der Waals surface area contributed by atoms with Crippen LogP contribution in [-0.4, -0.2) is 24.4 Å². The molecule has 16 heavy (non-hydrogen) atoms. The Kier molecular flexibility index (Phi) is 4.44. The Morgan fingerprint density at radius 3 is 2.62 bits per heavy atom. The average Bonchev–Trinajstić information content (AvgIpc) is 2.16. The minimum absolute atomic E-state index is 0.368. The van der Waals surface area contributed by atoms with Gasteiger partial charge in [0.2, 0.25) is 0 Å². The number of amides is 1. The number of carbonyl (C=O) groups excluding carboxylic acids is 1. The lowest BCUT2D eigenvalue weighted by atomic mass is 10.1. The van der Waals surface area contributed by atoms with E-state index >= 15 is 0 Å². The highest BCUT2D eigenvalue weighted by molar-refractivity contribution is 6.62. The molecule has 0 aliphatic heterocycles. The highest BCUT2D eigenvalue weighted by atomic mass is 35.5. The van der Waals surface area contributed by atoms with Crippen molar-refractivity contribution in [2.45, 2.75) is 13.5 Å². The number of aryl methyl sites for hydroxylation is 1. The van der Waals surface area contributed by atoms with Crippen LogP contribution in [0.1, 0.15) is 11.1 Å². The van der Waals surface area contributed by atoms with Crippen molar-refractivity contribution in [3.8, 4) is 5.75 Å². The molecule has 0 N–H and O–H groups in total. The van der Waals surface area contributed by atoms with Crippen LogP contribution >= 0.6 is 23.2 Å². The quantitative estimate of drug-likeness (QED) is 0.616. The van der Waals surface area contributed by atoms with Crippen LogP contribution in [0.15, 0.2) is 12.1 Å². The van der Waals surface area contributed by atoms with Gasteiger partial charge in [-0.3, -0.25) is 4.79 Å². The third kappa shape index (κ3) is 3.03. The molecule has 5 heteroatoms. The molecule has 1 aromatic carbocycles. The highest BCUT2D eigenvalue weighted by Crippen LogP contribution is 2.28. The molecule has 0 spiro atoms. The van der Waals surface area contributed by atoms with Crippen LogP contribution in [0.2, 0.25) is 5.02 Å². The van der Waals surface area contributed by atoms with Gasteiger partial charge in [-0.05, 0) is 36.2 Å². The van der Waals surface area contributed by atoms with Gasteiger partial charge in [-0.25, -0.2) is 0 Å². The number of carbonyl (C=O) groups is 1. The van der Waals surface area contributed by atoms with Crippen molar-refractivity contribution in [3.63, 3.8) is 0 Å². The van der Waals surface area contributed by atoms with Gasteiger partial charge in [-0.15, -0.1) is 0 Å². The summed E-state index contributed by atoms with van der Waals surface area (Å²) < 4.78 is 5.27. The van der Waals surface area contributed by atoms with Crippen molar-refractivity contribution in [2.75, 3.05) is 14.2 Å². The van der Waals surface area contributed by atoms with Gasteiger partial charge >= 0.3 is 5.37 Å². The molecule has 0 saturated carbocycles. The summed E-state index contributed by atoms with van der Waals surface area (Å²) >= 11 is 11.3. The van der Waals surface area contributed by atoms with Crippen LogP contribution in [0, 0.1) is 6.92 Å². The number of nitrogens with zero attached hydrogens (tertiary/aromatic N) is 1. The molecule has 0 fully saturated rings. The summed E-state index contributed by atoms with van der Waals surface area (Å²) in [6, 6.07) is 3.58. The standard InChI is InChI=1S/C11H13Cl2NO2/c1-7-4-9(12)5-8(10(7)16-3)6-14(2)11(13)15/h4-5H,6H2,1-3H3. The number of benzene rings is 1. The molecular weight excluding hydrogens is 249 g/mol. The number of ether oxygens (including phenoxy) is 1. The van der Waals surface area contributed by atoms with Gasteiger partial charge in [0.05, 0.1) is 13.7 Å². The lowest BCUT2D eigenvalue weighted by Crippen LogP contribution is -2.20. The summed E-state index contributed by atoms with van der Waals surface area (Å²) in [6.07, 6.45) is 0. The molecule has 1 aromatic rings. The van der Waals surface area contributed by atoms with Crippen molar-refractivity contribution in [2.24, 2.45) is 0 Å². The molecule has 88 valence electrons. The molecular formula is C11H13Cl2NO2. The number of methoxy groups -OCH3 is 1. The van der Waals surface area contributed by atoms with Crippen LogP contribution in [0.3, 0.4) is 0 Å². The predicted molar refractivity (Wildman–Crippen MR) is 65.5 cm³/mol. The van der Waals surface area contributed by atoms with E-state index in [0.717, 1.165) is 16.9 Å². The van der Waals surface area contributed by atoms with Crippen LogP contribution in [0.4, 0.5) is 4.79 Å². The maximum atomic E-state index is 10.9. The highest BCUT2D eigenvalue weighted by Gasteiger charge is 2.12. The number of hydrogen-bond donors (Lipinski definition) is 0. The molecule has 0 aliphatic carbocycles. The first-order valence-electron chi connectivity index (χ1n) is 4.69. The second-order valence-electron chi connectivity index (χ2n) is 3.52. The molecule has 0 radical (unpaired) electrons. The van der Waals surface area contributed by atoms with E-state index in [-0.39, 0.29) is 0 Å². The van der Waals surface area contributed by atoms with E-state index in [1.54, 1.807) is 20.2 Å². The zero-order valence-electron chi connectivity index (χ0n) is 9.38. The van der Waals surface area contributed by atoms with E-state index in [2.05, 4.69) is 0 Å². The Morgan fingerprint density at radius 1 is 1.50 bits per heavy atom. The molecule has 0 aliphatic rings. The fraction of sp³-hybridized carbons (Fsp3) is 0.364. The summed E-state index contributed by atoms with van der Waals surface area (Å²) in [5, 5.41) is 0.100. The molecule has 0 atom stereocenters. The van der Waals surface area contributed by atoms with E-state index in [1.807, 2.05) is 13.0 Å². The molecule has 0 unspecified atom stereocenters. The monoisotopic (exact) mass is 261 g/mol. The van der Waals surface area contributed by atoms with Gasteiger partial charge < -0.3 is 9.64 Å². The normalized spacial score (nSPS) is 10.1. The summed E-state index contributed by atoms with van der Waals surface area (Å²) in [6.45, 7) is 2.27. The minimum atomic E-state index is -0.514. The third-order valence-electron chi connectivity index (χ3n) is 2.23. The molecule has 0 saturated heterocycles. The van der Waals surface area contributed by atoms with Crippen molar-refractivity contribution in [1.82, 2.24) is 4.90 Å². The van der Waals surface area contributed by atoms with Crippen LogP contribution in [0.5, 0.6) is 5.75 Å². The SMILES string of the molecule is COc1c(C)cc(Cl)cc1CN(C)C(=O)Cl. The zero-order chi connectivity index (χ0) is 12.3. The zero-order valence-corrected chi connectivity index (χ0v) is 10.9. The second-order valence-corrected chi connectivity index (χ2v) is 4.28. The average molecular weight is 262 g/mol. The Labute approximate surface area is 105 Å². The van der Waals surface area contributed by atoms with Crippen LogP contribution < -0.4 is 4.74 Å². The molecule has 0 heterocycles. The summed E-state index contributed by atoms with van der Waals surface area (Å²) in [5.74, 6) is 0.731. The van der Waals surface area contributed by atoms with Gasteiger partial charge in [0, 0.05) is 17.6 Å². The van der Waals surface area contributed by atoms with Gasteiger partial charge in [0.15, 0.2) is 0 Å². The second kappa shape index (κ2) is 5.41. The van der Waals surface area contributed by atoms with Gasteiger partial charge in [-0.2, -0.15) is 0 Å². The van der Waals surface area contributed by atoms with E-state index in [0.29, 0.717) is 11.6 Å². The van der Waals surface area contributed by atoms with Gasteiger partial charge in [0.1, 0.15) is 5.75 Å². The maximum Gasteiger partial charge on any atom is 0.316 e. The molecule has 3 nitrogen and oxygen atoms in total. The fourth-order valence-electron chi connectivity index (χ4n) is 1.53. The largest absolute Gasteiger partial charge is 0.496 e. The minimum Gasteiger partial charge on any atom is -0.496 e. The molecule has 0 bridgehead atoms. The third-order valence-corrected chi connectivity index (χ3v) is 2.73. The van der Waals surface area contributed by atoms with Crippen LogP contribution in [0.25, 0.3) is 0 Å². The van der Waals surface area contributed by atoms with Crippen molar-refractivity contribution in [3.05, 3.63) is 28.3 Å². The van der Waals surface area contributed by atoms with E-state index in [4.69, 9.17) is 27.9 Å². The Morgan fingerprint density at radius 2 is 2.12 bits per heavy atom. The maximum absolute atomic E-state index is 10.9. The first kappa shape index (κ1) is 13.1. The van der Waals surface area contributed by atoms with Crippen molar-refractivity contribution in [1.29, 1.82) is 0 Å². The first-order valence-corrected chi connectivity index (χ1v) is 5.45. The van der Waals surface area contributed by atoms with Crippen molar-refractivity contribution < 1.29 is 9.53 Å². The van der Waals surface area contributed by atoms with Gasteiger partial charge in [0.25, 0.3) is 0 Å². The number of hydrogen-bond acceptors (Lipinski definition) is 2. The number of halogens is 2. The summed E-state index contributed by atoms with van der Waals surface area (Å²) in [5.41, 5.74) is 1.77. The summed E-state index contributed by atoms with van der Waals surface area (Å²) in [4.78, 5) is 12.3. The van der Waals surface area contributed by atoms with Crippen LogP contribution in [-0.2, 0) is 6.54 Å². The smallest absolute Gasteiger partial charge is 0.316 e. The Balaban J connectivity index is 3.07. The Hall–Kier alpha value is -0.930. The first-order chi connectivity index (χ1) is 7.45. The Bertz CT molecular complexity index is 407. The van der Waals surface area contributed by atoms with Gasteiger partial charge in [-0.1, -0.05) is 11.6 Å². The molecule has 1 rings (SSSR count). The fourth-order valence-corrected chi connectivity index (χ4v) is 1.88. The van der Waals surface area contributed by atoms with E-state index in [1.165, 1.54) is 4.90 Å². The van der Waals surface area contributed by atoms with E-state index in [9.17, 15) is 4.79 Å². The topological polar surface area (TPSA) is 29.5 Å². The molecule has 0 aromatic heterocycles. The number of rotatable bonds is 3. The predicted octanol–water partition coefficient (Wildman–Crippen LogP) is 3.45. The van der Waals surface area contributed by atoms with Crippen molar-refractivity contribution >= 4 is 28.6 Å². The van der Waals surface area contributed by atoms with E-state index < -0.39 is 5.37 Å².